The topological polar surface area (TPSA) is 52.5 Å². The van der Waals surface area contributed by atoms with Gasteiger partial charge in [0.2, 0.25) is 0 Å². The van der Waals surface area contributed by atoms with Crippen LogP contribution in [-0.4, -0.2) is 12.4 Å². The summed E-state index contributed by atoms with van der Waals surface area (Å²) >= 11 is 0. The zero-order chi connectivity index (χ0) is 13.2. The molecule has 1 radical (unpaired) electrons. The van der Waals surface area contributed by atoms with E-state index in [1.165, 1.54) is 0 Å². The van der Waals surface area contributed by atoms with E-state index in [4.69, 9.17) is 5.73 Å². The van der Waals surface area contributed by atoms with Crippen LogP contribution in [0, 0.1) is 0 Å². The summed E-state index contributed by atoms with van der Waals surface area (Å²) in [6.45, 7) is 4.65. The third-order valence-electron chi connectivity index (χ3n) is 2.35. The number of nitrogens with two attached hydrogens (primary N) is 1. The molecule has 1 aromatic rings. The van der Waals surface area contributed by atoms with Gasteiger partial charge in [-0.05, 0) is 13.3 Å². The van der Waals surface area contributed by atoms with Crippen molar-refractivity contribution in [3.63, 3.8) is 0 Å². The van der Waals surface area contributed by atoms with E-state index in [2.05, 4.69) is 23.5 Å². The first-order chi connectivity index (χ1) is 8.77. The number of hydrogen-bond donors (Lipinski definition) is 1. The Bertz CT molecular complexity index is 436. The molecule has 2 N–H and O–H groups in total. The van der Waals surface area contributed by atoms with Gasteiger partial charge in [-0.1, -0.05) is 67.6 Å². The van der Waals surface area contributed by atoms with E-state index in [9.17, 15) is 0 Å². The zero-order valence-electron chi connectivity index (χ0n) is 11.6. The fourth-order valence-electron chi connectivity index (χ4n) is 1.52. The van der Waals surface area contributed by atoms with Crippen LogP contribution in [0.25, 0.3) is 5.43 Å². The van der Waals surface area contributed by atoms with Crippen LogP contribution < -0.4 is 5.73 Å². The summed E-state index contributed by atoms with van der Waals surface area (Å²) in [4.78, 5) is 0. The molecule has 0 aliphatic rings. The van der Waals surface area contributed by atoms with Crippen LogP contribution in [0.15, 0.2) is 59.2 Å². The summed E-state index contributed by atoms with van der Waals surface area (Å²) in [5.41, 5.74) is 12.0. The Morgan fingerprint density at radius 3 is 2.58 bits per heavy atom. The Hall–Kier alpha value is -0.926. The third-order valence-corrected chi connectivity index (χ3v) is 2.35. The van der Waals surface area contributed by atoms with E-state index in [1.54, 1.807) is 0 Å². The van der Waals surface area contributed by atoms with Gasteiger partial charge in [-0.25, -0.2) is 0 Å². The van der Waals surface area contributed by atoms with Gasteiger partial charge in [-0.15, -0.1) is 0 Å². The van der Waals surface area contributed by atoms with Gasteiger partial charge in [-0.3, -0.25) is 0 Å². The van der Waals surface area contributed by atoms with E-state index < -0.39 is 0 Å². The second-order valence-electron chi connectivity index (χ2n) is 3.84. The van der Waals surface area contributed by atoms with Crippen molar-refractivity contribution in [2.75, 3.05) is 6.54 Å². The average Bonchev–Trinajstić information content (AvgIpc) is 2.40. The Morgan fingerprint density at radius 2 is 2.00 bits per heavy atom. The molecule has 19 heavy (non-hydrogen) atoms. The molecule has 0 fully saturated rings. The average molecular weight is 331 g/mol. The summed E-state index contributed by atoms with van der Waals surface area (Å²) in [6.07, 6.45) is 7.17. The maximum atomic E-state index is 5.85. The van der Waals surface area contributed by atoms with E-state index in [0.717, 1.165) is 17.6 Å². The van der Waals surface area contributed by atoms with Crippen molar-refractivity contribution in [3.8, 4) is 0 Å². The first kappa shape index (κ1) is 18.1. The van der Waals surface area contributed by atoms with Crippen LogP contribution in [0.3, 0.4) is 0 Å². The van der Waals surface area contributed by atoms with Gasteiger partial charge in [0.15, 0.2) is 0 Å². The van der Waals surface area contributed by atoms with Gasteiger partial charge in [0, 0.05) is 38.3 Å². The first-order valence-corrected chi connectivity index (χ1v) is 6.15. The van der Waals surface area contributed by atoms with Crippen molar-refractivity contribution in [2.24, 2.45) is 10.8 Å². The molecule has 0 amide bonds. The van der Waals surface area contributed by atoms with Crippen molar-refractivity contribution in [2.45, 2.75) is 20.3 Å². The van der Waals surface area contributed by atoms with Crippen LogP contribution in [-0.2, 0) is 32.7 Å². The largest absolute Gasteiger partial charge is 0.597 e. The van der Waals surface area contributed by atoms with Crippen LogP contribution in [0.2, 0.25) is 0 Å². The molecular weight excluding hydrogens is 311 g/mol. The normalized spacial score (nSPS) is 12.3. The molecule has 0 saturated heterocycles. The fraction of sp³-hybridized carbons (Fsp3) is 0.267. The number of amidine groups is 1. The Balaban J connectivity index is 0.00000324. The Labute approximate surface area is 140 Å². The molecule has 0 aliphatic heterocycles. The molecule has 4 heteroatoms. The standard InChI is InChI=1S/C15H20N3.Y/c1-3-8-13(9-4-2)12-17-18-15(16)14-10-6-5-7-11-14;/h3,5-11H,4,12H2,1-2H3,(H2,16,18);/q-1;/b8-3-,13-9+;. The van der Waals surface area contributed by atoms with Crippen LogP contribution >= 0.6 is 0 Å². The molecule has 1 aromatic carbocycles. The third kappa shape index (κ3) is 7.29. The second kappa shape index (κ2) is 10.9. The maximum Gasteiger partial charge on any atom is 0.110 e. The number of rotatable bonds is 6. The van der Waals surface area contributed by atoms with Gasteiger partial charge < -0.3 is 16.3 Å². The molecule has 0 spiro atoms. The Kier molecular flexibility index (Phi) is 10.4. The molecule has 0 aromatic heterocycles. The van der Waals surface area contributed by atoms with E-state index >= 15 is 0 Å². The molecule has 0 saturated carbocycles. The van der Waals surface area contributed by atoms with Crippen LogP contribution in [0.1, 0.15) is 25.8 Å². The number of hydrogen-bond acceptors (Lipinski definition) is 1. The van der Waals surface area contributed by atoms with Crippen LogP contribution in [0.4, 0.5) is 0 Å². The van der Waals surface area contributed by atoms with Gasteiger partial charge >= 0.3 is 0 Å². The van der Waals surface area contributed by atoms with E-state index in [-0.39, 0.29) is 32.7 Å². The summed E-state index contributed by atoms with van der Waals surface area (Å²) in [5, 5.41) is 4.04. The van der Waals surface area contributed by atoms with E-state index in [0.29, 0.717) is 12.4 Å². The predicted molar refractivity (Wildman–Crippen MR) is 78.6 cm³/mol. The molecule has 0 atom stereocenters. The summed E-state index contributed by atoms with van der Waals surface area (Å²) in [5.74, 6) is 0.451. The zero-order valence-corrected chi connectivity index (χ0v) is 14.4. The molecule has 99 valence electrons. The molecule has 0 heterocycles. The maximum absolute atomic E-state index is 5.85. The molecule has 3 nitrogen and oxygen atoms in total. The van der Waals surface area contributed by atoms with Gasteiger partial charge in [0.25, 0.3) is 0 Å². The monoisotopic (exact) mass is 331 g/mol. The molecule has 0 aliphatic carbocycles. The Morgan fingerprint density at radius 1 is 1.32 bits per heavy atom. The van der Waals surface area contributed by atoms with Crippen molar-refractivity contribution >= 4 is 5.84 Å². The minimum atomic E-state index is 0. The van der Waals surface area contributed by atoms with Crippen molar-refractivity contribution < 1.29 is 32.7 Å². The number of allylic oxidation sites excluding steroid dienone is 2. The molecule has 0 bridgehead atoms. The second-order valence-corrected chi connectivity index (χ2v) is 3.84. The number of benzene rings is 1. The van der Waals surface area contributed by atoms with Gasteiger partial charge in [-0.2, -0.15) is 0 Å². The summed E-state index contributed by atoms with van der Waals surface area (Å²) < 4.78 is 0. The summed E-state index contributed by atoms with van der Waals surface area (Å²) in [6, 6.07) is 9.65. The quantitative estimate of drug-likeness (QED) is 0.368. The molecular formula is C15H20N3Y-. The predicted octanol–water partition coefficient (Wildman–Crippen LogP) is 3.59. The van der Waals surface area contributed by atoms with Gasteiger partial charge in [0.1, 0.15) is 5.84 Å². The van der Waals surface area contributed by atoms with Crippen molar-refractivity contribution in [1.82, 2.24) is 0 Å². The van der Waals surface area contributed by atoms with Gasteiger partial charge in [0.05, 0.1) is 0 Å². The first-order valence-electron chi connectivity index (χ1n) is 6.15. The van der Waals surface area contributed by atoms with Crippen molar-refractivity contribution in [3.05, 3.63) is 65.1 Å². The smallest absolute Gasteiger partial charge is 0.110 e. The summed E-state index contributed by atoms with van der Waals surface area (Å²) in [7, 11) is 0. The minimum absolute atomic E-state index is 0. The SMILES string of the molecule is C/C=C\C(=C/CC)C[N-]/N=C(\N)c1ccccc1.[Y]. The van der Waals surface area contributed by atoms with E-state index in [1.807, 2.05) is 49.4 Å². The minimum Gasteiger partial charge on any atom is -0.597 e. The number of nitrogens with zero attached hydrogens (tertiary/aromatic N) is 2. The molecule has 1 rings (SSSR count). The fourth-order valence-corrected chi connectivity index (χ4v) is 1.52. The van der Waals surface area contributed by atoms with Crippen LogP contribution in [0.5, 0.6) is 0 Å². The van der Waals surface area contributed by atoms with Crippen molar-refractivity contribution in [1.29, 1.82) is 0 Å². The molecule has 0 unspecified atom stereocenters.